The number of hydrogen-bond acceptors (Lipinski definition) is 7. The molecule has 0 aliphatic carbocycles. The molecule has 0 fully saturated rings. The number of aromatic nitrogens is 5. The Morgan fingerprint density at radius 1 is 1.07 bits per heavy atom. The maximum Gasteiger partial charge on any atom is 0.261 e. The maximum absolute atomic E-state index is 12.7. The van der Waals surface area contributed by atoms with Crippen LogP contribution in [0.1, 0.15) is 5.82 Å². The van der Waals surface area contributed by atoms with E-state index < -0.39 is 0 Å². The lowest BCUT2D eigenvalue weighted by Crippen LogP contribution is -2.22. The van der Waals surface area contributed by atoms with Crippen LogP contribution in [0.15, 0.2) is 64.1 Å². The molecule has 9 heteroatoms. The number of nitrogens with two attached hydrogens (primary N) is 1. The summed E-state index contributed by atoms with van der Waals surface area (Å²) < 4.78 is 2.25. The third kappa shape index (κ3) is 3.77. The van der Waals surface area contributed by atoms with Crippen molar-refractivity contribution < 1.29 is 0 Å². The van der Waals surface area contributed by atoms with E-state index in [1.165, 1.54) is 10.9 Å². The average molecular weight is 424 g/mol. The lowest BCUT2D eigenvalue weighted by atomic mass is 10.2. The second kappa shape index (κ2) is 7.12. The van der Waals surface area contributed by atoms with Gasteiger partial charge in [-0.05, 0) is 30.3 Å². The molecule has 0 unspecified atom stereocenters. The van der Waals surface area contributed by atoms with Crippen LogP contribution in [0, 0.1) is 0 Å². The van der Waals surface area contributed by atoms with Crippen molar-refractivity contribution in [1.29, 1.82) is 0 Å². The third-order valence-corrected chi connectivity index (χ3v) is 4.32. The second-order valence-corrected chi connectivity index (χ2v) is 6.68. The number of nitrogen functional groups attached to an aromatic ring is 1. The summed E-state index contributed by atoms with van der Waals surface area (Å²) in [5.41, 5.74) is 7.07. The highest BCUT2D eigenvalue weighted by Gasteiger charge is 2.09. The molecule has 27 heavy (non-hydrogen) atoms. The van der Waals surface area contributed by atoms with Crippen molar-refractivity contribution in [3.8, 4) is 0 Å². The van der Waals surface area contributed by atoms with E-state index in [4.69, 9.17) is 5.73 Å². The molecule has 0 aliphatic rings. The smallest absolute Gasteiger partial charge is 0.261 e. The molecule has 2 heterocycles. The van der Waals surface area contributed by atoms with Crippen molar-refractivity contribution in [2.75, 3.05) is 11.1 Å². The average Bonchev–Trinajstić information content (AvgIpc) is 2.65. The molecule has 0 bridgehead atoms. The zero-order valence-electron chi connectivity index (χ0n) is 14.0. The van der Waals surface area contributed by atoms with Gasteiger partial charge in [-0.15, -0.1) is 0 Å². The normalized spacial score (nSPS) is 10.9. The van der Waals surface area contributed by atoms with E-state index in [1.54, 1.807) is 12.1 Å². The fraction of sp³-hybridized carbons (Fsp3) is 0.0556. The highest BCUT2D eigenvalue weighted by molar-refractivity contribution is 9.10. The number of rotatable bonds is 4. The minimum Gasteiger partial charge on any atom is -0.368 e. The van der Waals surface area contributed by atoms with E-state index in [2.05, 4.69) is 41.2 Å². The fourth-order valence-electron chi connectivity index (χ4n) is 2.61. The Kier molecular flexibility index (Phi) is 4.51. The molecular formula is C18H14BrN7O. The van der Waals surface area contributed by atoms with Crippen LogP contribution in [0.5, 0.6) is 0 Å². The first kappa shape index (κ1) is 17.1. The number of nitrogens with one attached hydrogen (secondary N) is 1. The van der Waals surface area contributed by atoms with Crippen LogP contribution < -0.4 is 16.6 Å². The zero-order valence-corrected chi connectivity index (χ0v) is 15.6. The van der Waals surface area contributed by atoms with Gasteiger partial charge in [-0.2, -0.15) is 15.0 Å². The van der Waals surface area contributed by atoms with E-state index in [1.807, 2.05) is 36.4 Å². The van der Waals surface area contributed by atoms with Gasteiger partial charge in [-0.1, -0.05) is 34.1 Å². The topological polar surface area (TPSA) is 112 Å². The molecule has 0 amide bonds. The summed E-state index contributed by atoms with van der Waals surface area (Å²) in [6, 6.07) is 14.8. The summed E-state index contributed by atoms with van der Waals surface area (Å²) in [6.45, 7) is 0.129. The summed E-state index contributed by atoms with van der Waals surface area (Å²) in [6.07, 6.45) is 1.48. The molecule has 0 saturated heterocycles. The van der Waals surface area contributed by atoms with Crippen molar-refractivity contribution in [1.82, 2.24) is 24.5 Å². The standard InChI is InChI=1S/C18H14BrN7O/c19-11-6-7-14-13(8-11)16(27)26(10-21-14)9-15-23-17(20)25-18(24-15)22-12-4-2-1-3-5-12/h1-8,10H,9H2,(H3,20,22,23,24,25). The number of halogens is 1. The predicted octanol–water partition coefficient (Wildman–Crippen LogP) is 2.72. The summed E-state index contributed by atoms with van der Waals surface area (Å²) in [5.74, 6) is 0.746. The van der Waals surface area contributed by atoms with Crippen molar-refractivity contribution in [2.45, 2.75) is 6.54 Å². The molecule has 8 nitrogen and oxygen atoms in total. The van der Waals surface area contributed by atoms with Crippen LogP contribution in [0.25, 0.3) is 10.9 Å². The van der Waals surface area contributed by atoms with E-state index in [-0.39, 0.29) is 18.1 Å². The molecule has 4 aromatic rings. The monoisotopic (exact) mass is 423 g/mol. The summed E-state index contributed by atoms with van der Waals surface area (Å²) >= 11 is 3.37. The summed E-state index contributed by atoms with van der Waals surface area (Å²) in [5, 5.41) is 3.58. The number of benzene rings is 2. The third-order valence-electron chi connectivity index (χ3n) is 3.83. The van der Waals surface area contributed by atoms with Crippen LogP contribution in [0.2, 0.25) is 0 Å². The Bertz CT molecular complexity index is 1180. The number of fused-ring (bicyclic) bond motifs is 1. The molecule has 3 N–H and O–H groups in total. The van der Waals surface area contributed by atoms with Gasteiger partial charge in [0, 0.05) is 10.2 Å². The van der Waals surface area contributed by atoms with Crippen LogP contribution in [-0.2, 0) is 6.54 Å². The first-order valence-corrected chi connectivity index (χ1v) is 8.85. The Hall–Kier alpha value is -3.33. The van der Waals surface area contributed by atoms with Crippen LogP contribution in [-0.4, -0.2) is 24.5 Å². The van der Waals surface area contributed by atoms with Gasteiger partial charge >= 0.3 is 0 Å². The molecule has 0 aliphatic heterocycles. The predicted molar refractivity (Wildman–Crippen MR) is 107 cm³/mol. The van der Waals surface area contributed by atoms with Crippen molar-refractivity contribution in [2.24, 2.45) is 0 Å². The fourth-order valence-corrected chi connectivity index (χ4v) is 2.97. The Morgan fingerprint density at radius 2 is 1.89 bits per heavy atom. The van der Waals surface area contributed by atoms with Gasteiger partial charge in [0.15, 0.2) is 5.82 Å². The first-order chi connectivity index (χ1) is 13.1. The molecule has 0 saturated carbocycles. The van der Waals surface area contributed by atoms with Crippen molar-refractivity contribution in [3.05, 3.63) is 75.5 Å². The number of nitrogens with zero attached hydrogens (tertiary/aromatic N) is 5. The van der Waals surface area contributed by atoms with Crippen LogP contribution >= 0.6 is 15.9 Å². The summed E-state index contributed by atoms with van der Waals surface area (Å²) in [7, 11) is 0. The van der Waals surface area contributed by atoms with Crippen molar-refractivity contribution >= 4 is 44.4 Å². The van der Waals surface area contributed by atoms with Gasteiger partial charge in [0.05, 0.1) is 23.8 Å². The molecule has 134 valence electrons. The molecular weight excluding hydrogens is 410 g/mol. The highest BCUT2D eigenvalue weighted by Crippen LogP contribution is 2.16. The highest BCUT2D eigenvalue weighted by atomic mass is 79.9. The summed E-state index contributed by atoms with van der Waals surface area (Å²) in [4.78, 5) is 29.6. The molecule has 2 aromatic heterocycles. The molecule has 0 spiro atoms. The quantitative estimate of drug-likeness (QED) is 0.518. The van der Waals surface area contributed by atoms with Gasteiger partial charge in [-0.3, -0.25) is 9.36 Å². The number of anilines is 3. The Balaban J connectivity index is 1.67. The van der Waals surface area contributed by atoms with Gasteiger partial charge in [0.25, 0.3) is 5.56 Å². The molecule has 0 atom stereocenters. The van der Waals surface area contributed by atoms with Crippen molar-refractivity contribution in [3.63, 3.8) is 0 Å². The van der Waals surface area contributed by atoms with Gasteiger partial charge in [0.1, 0.15) is 0 Å². The molecule has 4 rings (SSSR count). The Morgan fingerprint density at radius 3 is 2.70 bits per heavy atom. The number of para-hydroxylation sites is 1. The van der Waals surface area contributed by atoms with Gasteiger partial charge in [-0.25, -0.2) is 4.98 Å². The van der Waals surface area contributed by atoms with E-state index in [0.29, 0.717) is 22.7 Å². The van der Waals surface area contributed by atoms with Crippen LogP contribution in [0.3, 0.4) is 0 Å². The zero-order chi connectivity index (χ0) is 18.8. The lowest BCUT2D eigenvalue weighted by molar-refractivity contribution is 0.704. The Labute approximate surface area is 162 Å². The number of hydrogen-bond donors (Lipinski definition) is 2. The van der Waals surface area contributed by atoms with E-state index >= 15 is 0 Å². The van der Waals surface area contributed by atoms with E-state index in [9.17, 15) is 4.79 Å². The maximum atomic E-state index is 12.7. The molecule has 0 radical (unpaired) electrons. The van der Waals surface area contributed by atoms with E-state index in [0.717, 1.165) is 10.2 Å². The largest absolute Gasteiger partial charge is 0.368 e. The van der Waals surface area contributed by atoms with Gasteiger partial charge in [0.2, 0.25) is 11.9 Å². The molecule has 2 aromatic carbocycles. The lowest BCUT2D eigenvalue weighted by Gasteiger charge is -2.09. The van der Waals surface area contributed by atoms with Gasteiger partial charge < -0.3 is 11.1 Å². The second-order valence-electron chi connectivity index (χ2n) is 5.76. The minimum atomic E-state index is -0.183. The first-order valence-electron chi connectivity index (χ1n) is 8.06. The minimum absolute atomic E-state index is 0.0722. The van der Waals surface area contributed by atoms with Crippen LogP contribution in [0.4, 0.5) is 17.6 Å². The SMILES string of the molecule is Nc1nc(Cn2cnc3ccc(Br)cc3c2=O)nc(Nc2ccccc2)n1.